The molecule has 0 bridgehead atoms. The van der Waals surface area contributed by atoms with Crippen molar-refractivity contribution in [2.45, 2.75) is 38.5 Å². The third-order valence-electron chi connectivity index (χ3n) is 4.85. The second kappa shape index (κ2) is 10.6. The third kappa shape index (κ3) is 6.46. The first-order valence-electron chi connectivity index (χ1n) is 9.13. The molecule has 0 amide bonds. The zero-order valence-corrected chi connectivity index (χ0v) is 18.2. The zero-order valence-electron chi connectivity index (χ0n) is 15.9. The van der Waals surface area contributed by atoms with Crippen LogP contribution in [-0.2, 0) is 13.1 Å². The lowest BCUT2D eigenvalue weighted by atomic mass is 10.2. The molecule has 6 heteroatoms. The Labute approximate surface area is 178 Å². The fourth-order valence-electron chi connectivity index (χ4n) is 3.46. The molecule has 2 atom stereocenters. The summed E-state index contributed by atoms with van der Waals surface area (Å²) in [6.07, 6.45) is 1.08. The lowest BCUT2D eigenvalue weighted by Crippen LogP contribution is -2.44. The Kier molecular flexibility index (Phi) is 8.50. The normalized spacial score (nSPS) is 20.2. The summed E-state index contributed by atoms with van der Waals surface area (Å²) in [5.74, 6) is 0.543. The lowest BCUT2D eigenvalue weighted by Gasteiger charge is -2.21. The van der Waals surface area contributed by atoms with E-state index in [1.54, 1.807) is 19.2 Å². The van der Waals surface area contributed by atoms with E-state index in [0.717, 1.165) is 31.0 Å². The Morgan fingerprint density at radius 2 is 1.89 bits per heavy atom. The Morgan fingerprint density at radius 3 is 2.59 bits per heavy atom. The predicted molar refractivity (Wildman–Crippen MR) is 120 cm³/mol. The lowest BCUT2D eigenvalue weighted by molar-refractivity contribution is 0.258. The van der Waals surface area contributed by atoms with Crippen molar-refractivity contribution < 1.29 is 4.39 Å². The Morgan fingerprint density at radius 1 is 1.15 bits per heavy atom. The standard InChI is InChI=1S/C21H27FN4.HI/c1-16-11-20(15-26(16)14-17-7-4-3-5-8-17)25-21(23-2)24-13-18-9-6-10-19(22)12-18;/h3-10,12,16,20H,11,13-15H2,1-2H3,(H2,23,24,25);1H. The quantitative estimate of drug-likeness (QED) is 0.387. The largest absolute Gasteiger partial charge is 0.352 e. The molecule has 1 aliphatic heterocycles. The number of guanidine groups is 1. The molecule has 1 heterocycles. The van der Waals surface area contributed by atoms with Crippen molar-refractivity contribution >= 4 is 29.9 Å². The second-order valence-corrected chi connectivity index (χ2v) is 6.90. The summed E-state index contributed by atoms with van der Waals surface area (Å²) >= 11 is 0. The number of rotatable bonds is 5. The number of halogens is 2. The topological polar surface area (TPSA) is 39.7 Å². The SMILES string of the molecule is CN=C(NCc1cccc(F)c1)NC1CC(C)N(Cc2ccccc2)C1.I. The maximum Gasteiger partial charge on any atom is 0.191 e. The van der Waals surface area contributed by atoms with Gasteiger partial charge < -0.3 is 10.6 Å². The van der Waals surface area contributed by atoms with E-state index in [9.17, 15) is 4.39 Å². The van der Waals surface area contributed by atoms with E-state index >= 15 is 0 Å². The highest BCUT2D eigenvalue weighted by atomic mass is 127. The summed E-state index contributed by atoms with van der Waals surface area (Å²) in [6, 6.07) is 18.1. The number of nitrogens with one attached hydrogen (secondary N) is 2. The van der Waals surface area contributed by atoms with E-state index in [1.807, 2.05) is 6.07 Å². The summed E-state index contributed by atoms with van der Waals surface area (Å²) in [5.41, 5.74) is 2.24. The Bertz CT molecular complexity index is 738. The highest BCUT2D eigenvalue weighted by Crippen LogP contribution is 2.20. The van der Waals surface area contributed by atoms with E-state index in [4.69, 9.17) is 0 Å². The van der Waals surface area contributed by atoms with Gasteiger partial charge in [0.25, 0.3) is 0 Å². The van der Waals surface area contributed by atoms with Crippen LogP contribution in [0.4, 0.5) is 4.39 Å². The van der Waals surface area contributed by atoms with Crippen LogP contribution < -0.4 is 10.6 Å². The number of benzene rings is 2. The maximum absolute atomic E-state index is 13.3. The van der Waals surface area contributed by atoms with Crippen molar-refractivity contribution in [1.82, 2.24) is 15.5 Å². The summed E-state index contributed by atoms with van der Waals surface area (Å²) in [4.78, 5) is 6.80. The van der Waals surface area contributed by atoms with Crippen molar-refractivity contribution in [2.24, 2.45) is 4.99 Å². The molecule has 146 valence electrons. The average Bonchev–Trinajstić information content (AvgIpc) is 2.98. The highest BCUT2D eigenvalue weighted by Gasteiger charge is 2.29. The van der Waals surface area contributed by atoms with E-state index < -0.39 is 0 Å². The van der Waals surface area contributed by atoms with Crippen LogP contribution in [0, 0.1) is 5.82 Å². The van der Waals surface area contributed by atoms with Gasteiger partial charge in [0.05, 0.1) is 0 Å². The molecule has 27 heavy (non-hydrogen) atoms. The minimum Gasteiger partial charge on any atom is -0.352 e. The minimum atomic E-state index is -0.214. The van der Waals surface area contributed by atoms with Crippen LogP contribution in [0.1, 0.15) is 24.5 Å². The molecule has 0 saturated carbocycles. The number of hydrogen-bond acceptors (Lipinski definition) is 2. The molecule has 3 rings (SSSR count). The van der Waals surface area contributed by atoms with Gasteiger partial charge in [0.2, 0.25) is 0 Å². The first-order valence-corrected chi connectivity index (χ1v) is 9.13. The summed E-state index contributed by atoms with van der Waals surface area (Å²) in [7, 11) is 1.76. The fraction of sp³-hybridized carbons (Fsp3) is 0.381. The summed E-state index contributed by atoms with van der Waals surface area (Å²) in [6.45, 7) is 4.77. The van der Waals surface area contributed by atoms with E-state index in [-0.39, 0.29) is 29.8 Å². The monoisotopic (exact) mass is 482 g/mol. The van der Waals surface area contributed by atoms with Gasteiger partial charge in [-0.05, 0) is 36.6 Å². The predicted octanol–water partition coefficient (Wildman–Crippen LogP) is 3.77. The average molecular weight is 482 g/mol. The molecule has 0 aliphatic carbocycles. The van der Waals surface area contributed by atoms with Crippen LogP contribution in [0.3, 0.4) is 0 Å². The van der Waals surface area contributed by atoms with Crippen molar-refractivity contribution in [2.75, 3.05) is 13.6 Å². The first-order chi connectivity index (χ1) is 12.6. The van der Waals surface area contributed by atoms with E-state index in [1.165, 1.54) is 11.6 Å². The third-order valence-corrected chi connectivity index (χ3v) is 4.85. The van der Waals surface area contributed by atoms with Gasteiger partial charge in [0.15, 0.2) is 5.96 Å². The number of nitrogens with zero attached hydrogens (tertiary/aromatic N) is 2. The van der Waals surface area contributed by atoms with Crippen LogP contribution in [0.2, 0.25) is 0 Å². The van der Waals surface area contributed by atoms with Gasteiger partial charge in [0.1, 0.15) is 5.82 Å². The van der Waals surface area contributed by atoms with Gasteiger partial charge in [0, 0.05) is 38.8 Å². The summed E-state index contributed by atoms with van der Waals surface area (Å²) < 4.78 is 13.3. The molecule has 1 saturated heterocycles. The molecule has 2 N–H and O–H groups in total. The van der Waals surface area contributed by atoms with Crippen molar-refractivity contribution in [3.63, 3.8) is 0 Å². The molecule has 0 aromatic heterocycles. The molecule has 4 nitrogen and oxygen atoms in total. The van der Waals surface area contributed by atoms with Gasteiger partial charge in [-0.3, -0.25) is 9.89 Å². The molecule has 2 aromatic rings. The van der Waals surface area contributed by atoms with Gasteiger partial charge >= 0.3 is 0 Å². The van der Waals surface area contributed by atoms with Gasteiger partial charge in [-0.1, -0.05) is 42.5 Å². The van der Waals surface area contributed by atoms with Crippen molar-refractivity contribution in [1.29, 1.82) is 0 Å². The fourth-order valence-corrected chi connectivity index (χ4v) is 3.46. The highest BCUT2D eigenvalue weighted by molar-refractivity contribution is 14.0. The van der Waals surface area contributed by atoms with Crippen LogP contribution in [0.5, 0.6) is 0 Å². The zero-order chi connectivity index (χ0) is 18.4. The molecule has 1 fully saturated rings. The second-order valence-electron chi connectivity index (χ2n) is 6.90. The number of hydrogen-bond donors (Lipinski definition) is 2. The molecular formula is C21H28FIN4. The first kappa shape index (κ1) is 21.6. The minimum absolute atomic E-state index is 0. The maximum atomic E-state index is 13.3. The molecule has 1 aliphatic rings. The van der Waals surface area contributed by atoms with Gasteiger partial charge in [-0.15, -0.1) is 24.0 Å². The van der Waals surface area contributed by atoms with Crippen LogP contribution in [0.15, 0.2) is 59.6 Å². The molecule has 0 radical (unpaired) electrons. The number of likely N-dealkylation sites (tertiary alicyclic amines) is 1. The summed E-state index contributed by atoms with van der Waals surface area (Å²) in [5, 5.41) is 6.77. The molecule has 2 aromatic carbocycles. The van der Waals surface area contributed by atoms with Crippen LogP contribution in [-0.4, -0.2) is 36.5 Å². The Hall–Kier alpha value is -1.67. The Balaban J connectivity index is 0.00000261. The van der Waals surface area contributed by atoms with Crippen LogP contribution in [0.25, 0.3) is 0 Å². The van der Waals surface area contributed by atoms with Gasteiger partial charge in [-0.25, -0.2) is 4.39 Å². The van der Waals surface area contributed by atoms with Crippen molar-refractivity contribution in [3.8, 4) is 0 Å². The number of aliphatic imine (C=N–C) groups is 1. The molecule has 2 unspecified atom stereocenters. The van der Waals surface area contributed by atoms with E-state index in [0.29, 0.717) is 18.6 Å². The molecule has 0 spiro atoms. The van der Waals surface area contributed by atoms with Gasteiger partial charge in [-0.2, -0.15) is 0 Å². The smallest absolute Gasteiger partial charge is 0.191 e. The molecular weight excluding hydrogens is 454 g/mol. The van der Waals surface area contributed by atoms with Crippen molar-refractivity contribution in [3.05, 3.63) is 71.5 Å². The van der Waals surface area contributed by atoms with E-state index in [2.05, 4.69) is 57.8 Å². The van der Waals surface area contributed by atoms with Crippen LogP contribution >= 0.6 is 24.0 Å².